The maximum absolute atomic E-state index is 12.4. The quantitative estimate of drug-likeness (QED) is 0.564. The van der Waals surface area contributed by atoms with Gasteiger partial charge in [-0.2, -0.15) is 0 Å². The normalized spacial score (nSPS) is 11.4. The Morgan fingerprint density at radius 3 is 2.37 bits per heavy atom. The van der Waals surface area contributed by atoms with Gasteiger partial charge in [-0.3, -0.25) is 9.59 Å². The molecular weight excluding hydrogens is 400 g/mol. The Kier molecular flexibility index (Phi) is 7.09. The van der Waals surface area contributed by atoms with Crippen molar-refractivity contribution in [2.24, 2.45) is 0 Å². The van der Waals surface area contributed by atoms with Crippen LogP contribution in [0, 0.1) is 6.92 Å². The van der Waals surface area contributed by atoms with Crippen molar-refractivity contribution in [3.63, 3.8) is 0 Å². The van der Waals surface area contributed by atoms with E-state index in [2.05, 4.69) is 10.6 Å². The predicted molar refractivity (Wildman–Crippen MR) is 119 cm³/mol. The average molecular weight is 423 g/mol. The second-order valence-electron chi connectivity index (χ2n) is 6.85. The summed E-state index contributed by atoms with van der Waals surface area (Å²) in [5.74, 6) is 0.0396. The van der Waals surface area contributed by atoms with Gasteiger partial charge in [-0.25, -0.2) is 0 Å². The number of hydrogen-bond acceptors (Lipinski definition) is 3. The van der Waals surface area contributed by atoms with Crippen LogP contribution in [0.4, 0.5) is 5.69 Å². The lowest BCUT2D eigenvalue weighted by Gasteiger charge is -2.16. The number of halogens is 1. The maximum Gasteiger partial charge on any atom is 0.265 e. The van der Waals surface area contributed by atoms with Crippen LogP contribution in [0.2, 0.25) is 5.02 Å². The summed E-state index contributed by atoms with van der Waals surface area (Å²) in [7, 11) is 0. The SMILES string of the molecule is Cc1c(Cl)cccc1NC(=O)[C@H](C)Oc1ccc(C(=O)NCc2ccccc2)cc1. The van der Waals surface area contributed by atoms with E-state index < -0.39 is 6.10 Å². The summed E-state index contributed by atoms with van der Waals surface area (Å²) >= 11 is 6.09. The molecule has 2 N–H and O–H groups in total. The van der Waals surface area contributed by atoms with Gasteiger partial charge in [0.25, 0.3) is 11.8 Å². The molecule has 5 nitrogen and oxygen atoms in total. The second kappa shape index (κ2) is 9.94. The number of hydrogen-bond donors (Lipinski definition) is 2. The smallest absolute Gasteiger partial charge is 0.265 e. The van der Waals surface area contributed by atoms with Crippen LogP contribution in [0.15, 0.2) is 72.8 Å². The summed E-state index contributed by atoms with van der Waals surface area (Å²) in [5.41, 5.74) is 2.99. The largest absolute Gasteiger partial charge is 0.481 e. The minimum absolute atomic E-state index is 0.173. The standard InChI is InChI=1S/C24H23ClN2O3/c1-16-21(25)9-6-10-22(16)27-23(28)17(2)30-20-13-11-19(12-14-20)24(29)26-15-18-7-4-3-5-8-18/h3-14,17H,15H2,1-2H3,(H,26,29)(H,27,28)/t17-/m0/s1. The molecule has 0 spiro atoms. The zero-order valence-electron chi connectivity index (χ0n) is 16.8. The summed E-state index contributed by atoms with van der Waals surface area (Å²) in [6.45, 7) is 3.96. The minimum atomic E-state index is -0.721. The van der Waals surface area contributed by atoms with Gasteiger partial charge in [-0.1, -0.05) is 48.0 Å². The molecule has 3 aromatic rings. The molecular formula is C24H23ClN2O3. The molecule has 0 saturated heterocycles. The molecule has 0 bridgehead atoms. The second-order valence-corrected chi connectivity index (χ2v) is 7.26. The van der Waals surface area contributed by atoms with Crippen molar-refractivity contribution < 1.29 is 14.3 Å². The van der Waals surface area contributed by atoms with Gasteiger partial charge >= 0.3 is 0 Å². The van der Waals surface area contributed by atoms with E-state index in [1.165, 1.54) is 0 Å². The van der Waals surface area contributed by atoms with Gasteiger partial charge in [0.2, 0.25) is 0 Å². The highest BCUT2D eigenvalue weighted by molar-refractivity contribution is 6.31. The topological polar surface area (TPSA) is 67.4 Å². The number of benzene rings is 3. The van der Waals surface area contributed by atoms with E-state index in [4.69, 9.17) is 16.3 Å². The van der Waals surface area contributed by atoms with Crippen molar-refractivity contribution in [2.45, 2.75) is 26.5 Å². The minimum Gasteiger partial charge on any atom is -0.481 e. The molecule has 0 unspecified atom stereocenters. The van der Waals surface area contributed by atoms with E-state index in [0.29, 0.717) is 28.6 Å². The Labute approximate surface area is 181 Å². The summed E-state index contributed by atoms with van der Waals surface area (Å²) in [6.07, 6.45) is -0.721. The summed E-state index contributed by atoms with van der Waals surface area (Å²) < 4.78 is 5.71. The first-order valence-electron chi connectivity index (χ1n) is 9.59. The predicted octanol–water partition coefficient (Wildman–Crippen LogP) is 4.98. The van der Waals surface area contributed by atoms with Crippen molar-refractivity contribution in [1.82, 2.24) is 5.32 Å². The van der Waals surface area contributed by atoms with E-state index in [9.17, 15) is 9.59 Å². The molecule has 0 aliphatic rings. The molecule has 0 aliphatic heterocycles. The molecule has 0 saturated carbocycles. The van der Waals surface area contributed by atoms with Crippen LogP contribution in [0.1, 0.15) is 28.4 Å². The lowest BCUT2D eigenvalue weighted by Crippen LogP contribution is -2.30. The number of carbonyl (C=O) groups excluding carboxylic acids is 2. The molecule has 0 heterocycles. The number of amides is 2. The Bertz CT molecular complexity index is 1020. The molecule has 0 aromatic heterocycles. The molecule has 0 aliphatic carbocycles. The van der Waals surface area contributed by atoms with Gasteiger partial charge in [-0.15, -0.1) is 0 Å². The number of rotatable bonds is 7. The average Bonchev–Trinajstić information content (AvgIpc) is 2.76. The van der Waals surface area contributed by atoms with Gasteiger partial charge in [0.05, 0.1) is 0 Å². The Balaban J connectivity index is 1.54. The monoisotopic (exact) mass is 422 g/mol. The number of ether oxygens (including phenoxy) is 1. The van der Waals surface area contributed by atoms with E-state index in [0.717, 1.165) is 11.1 Å². The summed E-state index contributed by atoms with van der Waals surface area (Å²) in [4.78, 5) is 24.7. The first-order valence-corrected chi connectivity index (χ1v) is 9.96. The molecule has 3 rings (SSSR count). The van der Waals surface area contributed by atoms with Crippen molar-refractivity contribution >= 4 is 29.1 Å². The van der Waals surface area contributed by atoms with E-state index in [1.54, 1.807) is 49.4 Å². The van der Waals surface area contributed by atoms with Gasteiger partial charge in [0.1, 0.15) is 5.75 Å². The molecule has 2 amide bonds. The first kappa shape index (κ1) is 21.4. The van der Waals surface area contributed by atoms with Crippen molar-refractivity contribution in [2.75, 3.05) is 5.32 Å². The fraction of sp³-hybridized carbons (Fsp3) is 0.167. The van der Waals surface area contributed by atoms with Crippen LogP contribution in [0.5, 0.6) is 5.75 Å². The number of nitrogens with one attached hydrogen (secondary N) is 2. The molecule has 6 heteroatoms. The number of carbonyl (C=O) groups is 2. The van der Waals surface area contributed by atoms with Crippen LogP contribution in [-0.2, 0) is 11.3 Å². The fourth-order valence-electron chi connectivity index (χ4n) is 2.80. The zero-order chi connectivity index (χ0) is 21.5. The molecule has 154 valence electrons. The first-order chi connectivity index (χ1) is 14.4. The van der Waals surface area contributed by atoms with Gasteiger partial charge in [0, 0.05) is 22.8 Å². The van der Waals surface area contributed by atoms with Crippen molar-refractivity contribution in [3.8, 4) is 5.75 Å². The van der Waals surface area contributed by atoms with Crippen LogP contribution >= 0.6 is 11.6 Å². The highest BCUT2D eigenvalue weighted by atomic mass is 35.5. The van der Waals surface area contributed by atoms with Gasteiger partial charge < -0.3 is 15.4 Å². The Hall–Kier alpha value is -3.31. The molecule has 1 atom stereocenters. The maximum atomic E-state index is 12.4. The van der Waals surface area contributed by atoms with Gasteiger partial charge in [-0.05, 0) is 61.4 Å². The Morgan fingerprint density at radius 2 is 1.67 bits per heavy atom. The summed E-state index contributed by atoms with van der Waals surface area (Å²) in [6, 6.07) is 21.7. The highest BCUT2D eigenvalue weighted by Crippen LogP contribution is 2.23. The van der Waals surface area contributed by atoms with Crippen LogP contribution in [-0.4, -0.2) is 17.9 Å². The highest BCUT2D eigenvalue weighted by Gasteiger charge is 2.16. The third-order valence-corrected chi connectivity index (χ3v) is 5.03. The van der Waals surface area contributed by atoms with Crippen LogP contribution in [0.3, 0.4) is 0 Å². The lowest BCUT2D eigenvalue weighted by atomic mass is 10.2. The fourth-order valence-corrected chi connectivity index (χ4v) is 2.97. The molecule has 0 radical (unpaired) electrons. The zero-order valence-corrected chi connectivity index (χ0v) is 17.6. The molecule has 0 fully saturated rings. The van der Waals surface area contributed by atoms with Crippen molar-refractivity contribution in [3.05, 3.63) is 94.5 Å². The molecule has 30 heavy (non-hydrogen) atoms. The van der Waals surface area contributed by atoms with Gasteiger partial charge in [0.15, 0.2) is 6.10 Å². The third kappa shape index (κ3) is 5.61. The van der Waals surface area contributed by atoms with E-state index in [1.807, 2.05) is 37.3 Å². The van der Waals surface area contributed by atoms with E-state index in [-0.39, 0.29) is 11.8 Å². The van der Waals surface area contributed by atoms with E-state index >= 15 is 0 Å². The lowest BCUT2D eigenvalue weighted by molar-refractivity contribution is -0.122. The third-order valence-electron chi connectivity index (χ3n) is 4.62. The van der Waals surface area contributed by atoms with Crippen LogP contribution < -0.4 is 15.4 Å². The van der Waals surface area contributed by atoms with Crippen LogP contribution in [0.25, 0.3) is 0 Å². The number of anilines is 1. The molecule has 3 aromatic carbocycles. The summed E-state index contributed by atoms with van der Waals surface area (Å²) in [5, 5.41) is 6.28. The Morgan fingerprint density at radius 1 is 0.967 bits per heavy atom. The van der Waals surface area contributed by atoms with Crippen molar-refractivity contribution in [1.29, 1.82) is 0 Å².